The van der Waals surface area contributed by atoms with Crippen molar-refractivity contribution in [3.8, 4) is 5.75 Å². The number of carbonyl (C=O) groups excluding carboxylic acids is 1. The molecule has 39 heavy (non-hydrogen) atoms. The first-order valence-electron chi connectivity index (χ1n) is 14.0. The van der Waals surface area contributed by atoms with E-state index in [0.717, 1.165) is 56.8 Å². The van der Waals surface area contributed by atoms with Crippen molar-refractivity contribution in [1.29, 1.82) is 0 Å². The molecule has 0 aliphatic carbocycles. The van der Waals surface area contributed by atoms with Crippen LogP contribution in [0.5, 0.6) is 5.75 Å². The van der Waals surface area contributed by atoms with Gasteiger partial charge in [0.2, 0.25) is 5.91 Å². The lowest BCUT2D eigenvalue weighted by atomic mass is 9.79. The Morgan fingerprint density at radius 3 is 2.51 bits per heavy atom. The number of aromatic nitrogens is 1. The zero-order valence-electron chi connectivity index (χ0n) is 23.1. The number of anilines is 1. The van der Waals surface area contributed by atoms with E-state index < -0.39 is 0 Å². The second-order valence-corrected chi connectivity index (χ2v) is 11.4. The quantitative estimate of drug-likeness (QED) is 0.403. The highest BCUT2D eigenvalue weighted by molar-refractivity contribution is 5.88. The summed E-state index contributed by atoms with van der Waals surface area (Å²) in [6.07, 6.45) is 4.90. The number of para-hydroxylation sites is 1. The first-order valence-corrected chi connectivity index (χ1v) is 14.0. The molecule has 3 aliphatic rings. The van der Waals surface area contributed by atoms with E-state index in [4.69, 9.17) is 16.2 Å². The number of nitrogens with two attached hydrogens (primary N) is 2. The molecule has 3 aliphatic heterocycles. The molecule has 1 aromatic heterocycles. The van der Waals surface area contributed by atoms with Crippen molar-refractivity contribution < 1.29 is 14.6 Å². The summed E-state index contributed by atoms with van der Waals surface area (Å²) in [5.41, 5.74) is 17.5. The van der Waals surface area contributed by atoms with Crippen LogP contribution in [0.25, 0.3) is 11.8 Å². The number of likely N-dealkylation sites (N-methyl/N-ethyl adjacent to an activating group) is 1. The van der Waals surface area contributed by atoms with Gasteiger partial charge in [-0.05, 0) is 55.7 Å². The van der Waals surface area contributed by atoms with Crippen LogP contribution in [0.2, 0.25) is 0 Å². The molecular weight excluding hydrogens is 492 g/mol. The van der Waals surface area contributed by atoms with Crippen molar-refractivity contribution in [3.63, 3.8) is 0 Å². The minimum Gasteiger partial charge on any atom is -0.507 e. The van der Waals surface area contributed by atoms with E-state index in [-0.39, 0.29) is 35.6 Å². The van der Waals surface area contributed by atoms with Gasteiger partial charge in [-0.3, -0.25) is 4.79 Å². The Morgan fingerprint density at radius 1 is 1.21 bits per heavy atom. The average Bonchev–Trinajstić information content (AvgIpc) is 3.24. The number of H-pyrrole nitrogens is 1. The fourth-order valence-corrected chi connectivity index (χ4v) is 6.65. The van der Waals surface area contributed by atoms with Crippen LogP contribution in [0.15, 0.2) is 36.9 Å². The summed E-state index contributed by atoms with van der Waals surface area (Å²) < 4.78 is 5.85. The maximum absolute atomic E-state index is 12.7. The van der Waals surface area contributed by atoms with Crippen molar-refractivity contribution in [1.82, 2.24) is 19.7 Å². The van der Waals surface area contributed by atoms with Crippen LogP contribution in [-0.4, -0.2) is 95.8 Å². The third-order valence-corrected chi connectivity index (χ3v) is 8.63. The molecule has 210 valence electrons. The molecule has 4 heterocycles. The lowest BCUT2D eigenvalue weighted by Crippen LogP contribution is -2.58. The summed E-state index contributed by atoms with van der Waals surface area (Å²) in [6.45, 7) is 12.1. The van der Waals surface area contributed by atoms with Gasteiger partial charge in [0.15, 0.2) is 0 Å². The lowest BCUT2D eigenvalue weighted by Gasteiger charge is -2.48. The first kappa shape index (κ1) is 27.3. The van der Waals surface area contributed by atoms with Gasteiger partial charge in [-0.25, -0.2) is 0 Å². The van der Waals surface area contributed by atoms with Gasteiger partial charge in [0.05, 0.1) is 25.3 Å². The number of amides is 1. The predicted octanol–water partition coefficient (Wildman–Crippen LogP) is 2.77. The standard InChI is InChI=1S/C30H42N6O3/c1-4-27(38)36-21-13-20(14-22(36)18-39-17-21)29-28(19(2)16-35-11-9-34(3)10-12-35)24(30(32)33-29)15-25(31)23-7-5-6-8-26(23)37/h4-8,15,19-22,33,37H,1,9-14,16-18,31-32H2,2-3H3/b25-15-. The minimum atomic E-state index is -0.0273. The number of benzene rings is 1. The Kier molecular flexibility index (Phi) is 8.02. The number of morpholine rings is 1. The van der Waals surface area contributed by atoms with E-state index in [2.05, 4.69) is 35.3 Å². The number of phenols is 1. The summed E-state index contributed by atoms with van der Waals surface area (Å²) in [6, 6.07) is 7.09. The van der Waals surface area contributed by atoms with Gasteiger partial charge < -0.3 is 41.0 Å². The molecule has 0 spiro atoms. The van der Waals surface area contributed by atoms with Crippen molar-refractivity contribution in [3.05, 3.63) is 59.3 Å². The second kappa shape index (κ2) is 11.5. The smallest absolute Gasteiger partial charge is 0.246 e. The minimum absolute atomic E-state index is 0.00337. The van der Waals surface area contributed by atoms with Gasteiger partial charge >= 0.3 is 0 Å². The van der Waals surface area contributed by atoms with Crippen LogP contribution >= 0.6 is 0 Å². The molecular formula is C30H42N6O3. The van der Waals surface area contributed by atoms with E-state index in [0.29, 0.717) is 30.3 Å². The second-order valence-electron chi connectivity index (χ2n) is 11.4. The van der Waals surface area contributed by atoms with Gasteiger partial charge in [0.25, 0.3) is 0 Å². The zero-order chi connectivity index (χ0) is 27.7. The van der Waals surface area contributed by atoms with E-state index in [9.17, 15) is 9.90 Å². The SMILES string of the molecule is C=CC(=O)N1C2COCC1CC(c1[nH]c(N)c(/C=C(\N)c3ccccc3O)c1C(C)CN1CCN(C)CC1)C2. The summed E-state index contributed by atoms with van der Waals surface area (Å²) in [5.74, 6) is 1.09. The molecule has 3 unspecified atom stereocenters. The van der Waals surface area contributed by atoms with Gasteiger partial charge in [-0.2, -0.15) is 0 Å². The van der Waals surface area contributed by atoms with Crippen LogP contribution < -0.4 is 11.5 Å². The molecule has 1 amide bonds. The number of piperidine rings is 1. The monoisotopic (exact) mass is 534 g/mol. The number of ether oxygens (including phenoxy) is 1. The maximum atomic E-state index is 12.7. The Morgan fingerprint density at radius 2 is 1.87 bits per heavy atom. The van der Waals surface area contributed by atoms with Crippen LogP contribution in [0, 0.1) is 0 Å². The highest BCUT2D eigenvalue weighted by Gasteiger charge is 2.43. The summed E-state index contributed by atoms with van der Waals surface area (Å²) >= 11 is 0. The van der Waals surface area contributed by atoms with Crippen molar-refractivity contribution in [2.45, 2.75) is 43.7 Å². The highest BCUT2D eigenvalue weighted by Crippen LogP contribution is 2.43. The van der Waals surface area contributed by atoms with Crippen molar-refractivity contribution in [2.75, 3.05) is 58.7 Å². The Bertz CT molecular complexity index is 1220. The zero-order valence-corrected chi connectivity index (χ0v) is 23.1. The first-order chi connectivity index (χ1) is 18.8. The van der Waals surface area contributed by atoms with Gasteiger partial charge in [-0.15, -0.1) is 0 Å². The van der Waals surface area contributed by atoms with E-state index in [1.807, 2.05) is 23.1 Å². The molecule has 9 nitrogen and oxygen atoms in total. The predicted molar refractivity (Wildman–Crippen MR) is 155 cm³/mol. The molecule has 3 saturated heterocycles. The summed E-state index contributed by atoms with van der Waals surface area (Å²) in [7, 11) is 2.17. The molecule has 6 N–H and O–H groups in total. The summed E-state index contributed by atoms with van der Waals surface area (Å²) in [5, 5.41) is 10.4. The fraction of sp³-hybridized carbons (Fsp3) is 0.500. The molecule has 2 aromatic rings. The topological polar surface area (TPSA) is 124 Å². The largest absolute Gasteiger partial charge is 0.507 e. The number of phenolic OH excluding ortho intramolecular Hbond substituents is 1. The summed E-state index contributed by atoms with van der Waals surface area (Å²) in [4.78, 5) is 23.1. The number of hydrogen-bond acceptors (Lipinski definition) is 7. The number of aromatic hydroxyl groups is 1. The van der Waals surface area contributed by atoms with Crippen LogP contribution in [0.3, 0.4) is 0 Å². The molecule has 2 bridgehead atoms. The number of nitrogens with one attached hydrogen (secondary N) is 1. The van der Waals surface area contributed by atoms with E-state index in [1.165, 1.54) is 11.6 Å². The van der Waals surface area contributed by atoms with Gasteiger partial charge in [0, 0.05) is 61.2 Å². The fourth-order valence-electron chi connectivity index (χ4n) is 6.65. The lowest BCUT2D eigenvalue weighted by molar-refractivity contribution is -0.146. The third-order valence-electron chi connectivity index (χ3n) is 8.63. The van der Waals surface area contributed by atoms with Gasteiger partial charge in [0.1, 0.15) is 11.6 Å². The number of carbonyl (C=O) groups is 1. The molecule has 9 heteroatoms. The third kappa shape index (κ3) is 5.57. The molecule has 3 fully saturated rings. The number of rotatable bonds is 7. The van der Waals surface area contributed by atoms with E-state index in [1.54, 1.807) is 12.1 Å². The Labute approximate surface area is 231 Å². The Balaban J connectivity index is 1.51. The van der Waals surface area contributed by atoms with Crippen LogP contribution in [-0.2, 0) is 9.53 Å². The molecule has 0 radical (unpaired) electrons. The number of fused-ring (bicyclic) bond motifs is 2. The van der Waals surface area contributed by atoms with Crippen molar-refractivity contribution >= 4 is 23.5 Å². The molecule has 3 atom stereocenters. The molecule has 1 aromatic carbocycles. The van der Waals surface area contributed by atoms with Crippen molar-refractivity contribution in [2.24, 2.45) is 5.73 Å². The molecule has 5 rings (SSSR count). The van der Waals surface area contributed by atoms with E-state index >= 15 is 0 Å². The normalized spacial score (nSPS) is 25.4. The highest BCUT2D eigenvalue weighted by atomic mass is 16.5. The Hall–Kier alpha value is -3.27. The number of nitrogens with zero attached hydrogens (tertiary/aromatic N) is 3. The number of piperazine rings is 1. The number of nitrogen functional groups attached to an aromatic ring is 1. The van der Waals surface area contributed by atoms with Gasteiger partial charge in [-0.1, -0.05) is 25.6 Å². The average molecular weight is 535 g/mol. The van der Waals surface area contributed by atoms with Crippen LogP contribution in [0.1, 0.15) is 54.0 Å². The maximum Gasteiger partial charge on any atom is 0.246 e. The number of hydrogen-bond donors (Lipinski definition) is 4. The van der Waals surface area contributed by atoms with Crippen LogP contribution in [0.4, 0.5) is 5.82 Å². The molecule has 0 saturated carbocycles. The number of aromatic amines is 1.